The Hall–Kier alpha value is -1.83. The lowest BCUT2D eigenvalue weighted by atomic mass is 9.95. The third-order valence-electron chi connectivity index (χ3n) is 7.51. The Kier molecular flexibility index (Phi) is 8.70. The van der Waals surface area contributed by atoms with Crippen LogP contribution in [0.2, 0.25) is 0 Å². The van der Waals surface area contributed by atoms with Crippen LogP contribution in [0.1, 0.15) is 25.8 Å². The number of sulfonamides is 1. The molecule has 2 aromatic rings. The lowest BCUT2D eigenvalue weighted by molar-refractivity contribution is -0.258. The summed E-state index contributed by atoms with van der Waals surface area (Å²) in [6.45, 7) is 6.05. The zero-order valence-electron chi connectivity index (χ0n) is 21.4. The van der Waals surface area contributed by atoms with Gasteiger partial charge in [0.05, 0.1) is 24.2 Å². The van der Waals surface area contributed by atoms with Crippen LogP contribution < -0.4 is 4.90 Å². The van der Waals surface area contributed by atoms with Crippen LogP contribution in [0.5, 0.6) is 0 Å². The monoisotopic (exact) mass is 573 g/mol. The maximum atomic E-state index is 13.5. The largest absolute Gasteiger partial charge is 0.421 e. The Morgan fingerprint density at radius 2 is 1.74 bits per heavy atom. The molecule has 0 saturated carbocycles. The van der Waals surface area contributed by atoms with Crippen molar-refractivity contribution < 1.29 is 31.4 Å². The quantitative estimate of drug-likeness (QED) is 0.492. The third kappa shape index (κ3) is 5.85. The summed E-state index contributed by atoms with van der Waals surface area (Å²) in [6, 6.07) is 12.2. The number of aliphatic hydroxyl groups is 1. The van der Waals surface area contributed by atoms with Gasteiger partial charge >= 0.3 is 6.18 Å². The molecule has 3 atom stereocenters. The Morgan fingerprint density at radius 1 is 1.05 bits per heavy atom. The number of piperazine rings is 1. The molecule has 0 aromatic heterocycles. The van der Waals surface area contributed by atoms with Crippen LogP contribution in [0.15, 0.2) is 58.3 Å². The molecule has 0 bridgehead atoms. The summed E-state index contributed by atoms with van der Waals surface area (Å²) in [7, 11) is -3.80. The Balaban J connectivity index is 1.63. The van der Waals surface area contributed by atoms with Crippen LogP contribution >= 0.6 is 12.6 Å². The summed E-state index contributed by atoms with van der Waals surface area (Å²) < 4.78 is 74.2. The van der Waals surface area contributed by atoms with Gasteiger partial charge in [0.15, 0.2) is 5.60 Å². The zero-order chi connectivity index (χ0) is 27.7. The van der Waals surface area contributed by atoms with Gasteiger partial charge in [0.1, 0.15) is 0 Å². The van der Waals surface area contributed by atoms with E-state index in [1.807, 2.05) is 4.90 Å². The van der Waals surface area contributed by atoms with Gasteiger partial charge in [-0.05, 0) is 43.2 Å². The van der Waals surface area contributed by atoms with E-state index < -0.39 is 21.8 Å². The molecule has 0 spiro atoms. The fourth-order valence-electron chi connectivity index (χ4n) is 5.07. The topological polar surface area (TPSA) is 73.3 Å². The minimum atomic E-state index is -4.81. The molecular formula is C26H34F3N3O4S2. The van der Waals surface area contributed by atoms with Crippen LogP contribution in [-0.4, -0.2) is 86.9 Å². The lowest BCUT2D eigenvalue weighted by Crippen LogP contribution is -2.60. The number of benzene rings is 2. The van der Waals surface area contributed by atoms with E-state index >= 15 is 0 Å². The molecule has 2 aliphatic rings. The minimum Gasteiger partial charge on any atom is -0.378 e. The van der Waals surface area contributed by atoms with Crippen molar-refractivity contribution in [2.24, 2.45) is 0 Å². The van der Waals surface area contributed by atoms with E-state index in [1.54, 1.807) is 36.4 Å². The number of thiol groups is 1. The molecule has 2 saturated heterocycles. The molecule has 38 heavy (non-hydrogen) atoms. The highest BCUT2D eigenvalue weighted by Crippen LogP contribution is 2.39. The van der Waals surface area contributed by atoms with Crippen LogP contribution in [0.4, 0.5) is 18.9 Å². The van der Waals surface area contributed by atoms with E-state index in [2.05, 4.69) is 24.5 Å². The summed E-state index contributed by atoms with van der Waals surface area (Å²) in [6.07, 6.45) is -3.94. The van der Waals surface area contributed by atoms with Crippen molar-refractivity contribution >= 4 is 28.3 Å². The van der Waals surface area contributed by atoms with Gasteiger partial charge in [-0.25, -0.2) is 8.42 Å². The number of nitrogens with zero attached hydrogens (tertiary/aromatic N) is 3. The van der Waals surface area contributed by atoms with Crippen LogP contribution in [0.3, 0.4) is 0 Å². The van der Waals surface area contributed by atoms with Crippen molar-refractivity contribution in [1.29, 1.82) is 0 Å². The molecule has 2 aromatic carbocycles. The van der Waals surface area contributed by atoms with Crippen molar-refractivity contribution in [2.45, 2.75) is 53.9 Å². The van der Waals surface area contributed by atoms with Gasteiger partial charge in [0, 0.05) is 49.3 Å². The van der Waals surface area contributed by atoms with Gasteiger partial charge in [0.2, 0.25) is 10.0 Å². The van der Waals surface area contributed by atoms with Crippen LogP contribution in [0.25, 0.3) is 0 Å². The average Bonchev–Trinajstić information content (AvgIpc) is 2.88. The number of morpholine rings is 1. The van der Waals surface area contributed by atoms with Gasteiger partial charge < -0.3 is 14.7 Å². The first-order chi connectivity index (χ1) is 17.9. The molecule has 4 rings (SSSR count). The van der Waals surface area contributed by atoms with E-state index in [-0.39, 0.29) is 35.6 Å². The summed E-state index contributed by atoms with van der Waals surface area (Å²) in [5, 5.41) is 10.1. The minimum absolute atomic E-state index is 0.145. The van der Waals surface area contributed by atoms with E-state index in [0.29, 0.717) is 43.4 Å². The van der Waals surface area contributed by atoms with E-state index in [1.165, 1.54) is 16.4 Å². The molecule has 2 fully saturated rings. The predicted octanol–water partition coefficient (Wildman–Crippen LogP) is 3.74. The van der Waals surface area contributed by atoms with Crippen molar-refractivity contribution in [2.75, 3.05) is 50.8 Å². The number of hydrogen-bond donors (Lipinski definition) is 2. The molecule has 210 valence electrons. The standard InChI is InChI=1S/C26H34F3N3O4S2/c1-3-20-18-36-15-14-30(20)16-22-17-31(38(34,35)24-7-5-4-6-23(24)37)12-13-32(22)21-10-8-19(9-11-21)25(2,33)26(27,28)29/h4-11,20,22,33,37H,3,12-18H2,1-2H3/t20-,22-,25+/m0/s1. The highest BCUT2D eigenvalue weighted by Gasteiger charge is 2.51. The Bertz CT molecular complexity index is 1210. The molecule has 1 N–H and O–H groups in total. The number of alkyl halides is 3. The van der Waals surface area contributed by atoms with Gasteiger partial charge in [-0.3, -0.25) is 4.90 Å². The molecule has 0 radical (unpaired) electrons. The summed E-state index contributed by atoms with van der Waals surface area (Å²) in [5.74, 6) is 0. The van der Waals surface area contributed by atoms with E-state index in [9.17, 15) is 26.7 Å². The maximum Gasteiger partial charge on any atom is 0.421 e. The second kappa shape index (κ2) is 11.3. The highest BCUT2D eigenvalue weighted by molar-refractivity contribution is 7.90. The van der Waals surface area contributed by atoms with Crippen molar-refractivity contribution in [3.8, 4) is 0 Å². The highest BCUT2D eigenvalue weighted by atomic mass is 32.2. The fourth-order valence-corrected chi connectivity index (χ4v) is 7.13. The summed E-state index contributed by atoms with van der Waals surface area (Å²) in [4.78, 5) is 4.87. The van der Waals surface area contributed by atoms with E-state index in [0.717, 1.165) is 13.3 Å². The first kappa shape index (κ1) is 29.2. The molecule has 2 aliphatic heterocycles. The van der Waals surface area contributed by atoms with Gasteiger partial charge in [-0.1, -0.05) is 31.2 Å². The fraction of sp³-hybridized carbons (Fsp3) is 0.538. The van der Waals surface area contributed by atoms with Crippen molar-refractivity contribution in [3.05, 3.63) is 54.1 Å². The predicted molar refractivity (Wildman–Crippen MR) is 142 cm³/mol. The SMILES string of the molecule is CC[C@H]1COCCN1C[C@H]1CN(S(=O)(=O)c2ccccc2S)CCN1c1ccc([C@@](C)(O)C(F)(F)F)cc1. The number of halogens is 3. The molecule has 0 unspecified atom stereocenters. The van der Waals surface area contributed by atoms with Crippen LogP contribution in [0, 0.1) is 0 Å². The number of rotatable bonds is 7. The second-order valence-corrected chi connectivity index (χ2v) is 12.3. The van der Waals surface area contributed by atoms with Gasteiger partial charge in [-0.2, -0.15) is 17.5 Å². The maximum absolute atomic E-state index is 13.5. The number of ether oxygens (including phenoxy) is 1. The third-order valence-corrected chi connectivity index (χ3v) is 9.97. The lowest BCUT2D eigenvalue weighted by Gasteiger charge is -2.46. The normalized spacial score (nSPS) is 23.8. The first-order valence-electron chi connectivity index (χ1n) is 12.6. The average molecular weight is 574 g/mol. The van der Waals surface area contributed by atoms with Crippen molar-refractivity contribution in [3.63, 3.8) is 0 Å². The smallest absolute Gasteiger partial charge is 0.378 e. The molecule has 7 nitrogen and oxygen atoms in total. The van der Waals surface area contributed by atoms with Gasteiger partial charge in [0.25, 0.3) is 0 Å². The Labute approximate surface area is 227 Å². The summed E-state index contributed by atoms with van der Waals surface area (Å²) >= 11 is 4.35. The Morgan fingerprint density at radius 3 is 2.37 bits per heavy atom. The molecule has 0 aliphatic carbocycles. The van der Waals surface area contributed by atoms with E-state index in [4.69, 9.17) is 4.74 Å². The summed E-state index contributed by atoms with van der Waals surface area (Å²) in [5.41, 5.74) is -2.55. The molecule has 0 amide bonds. The van der Waals surface area contributed by atoms with Crippen molar-refractivity contribution in [1.82, 2.24) is 9.21 Å². The molecular weight excluding hydrogens is 539 g/mol. The second-order valence-electron chi connectivity index (χ2n) is 9.93. The zero-order valence-corrected chi connectivity index (χ0v) is 23.1. The number of hydrogen-bond acceptors (Lipinski definition) is 7. The van der Waals surface area contributed by atoms with Gasteiger partial charge in [-0.15, -0.1) is 12.6 Å². The molecule has 12 heteroatoms. The first-order valence-corrected chi connectivity index (χ1v) is 14.5. The number of anilines is 1. The van der Waals surface area contributed by atoms with Crippen LogP contribution in [-0.2, 0) is 20.4 Å². The molecule has 2 heterocycles.